The molecule has 2 rings (SSSR count). The van der Waals surface area contributed by atoms with Crippen molar-refractivity contribution in [2.45, 2.75) is 209 Å². The van der Waals surface area contributed by atoms with E-state index >= 15 is 4.79 Å². The zero-order chi connectivity index (χ0) is 39.2. The minimum atomic E-state index is -0.205. The smallest absolute Gasteiger partial charge is 0.193 e. The summed E-state index contributed by atoms with van der Waals surface area (Å²) >= 11 is 0. The molecule has 0 saturated carbocycles. The lowest BCUT2D eigenvalue weighted by atomic mass is 10.0. The molecular weight excluding hydrogens is 661 g/mol. The molecule has 2 aromatic rings. The van der Waals surface area contributed by atoms with E-state index in [1.807, 2.05) is 12.1 Å². The van der Waals surface area contributed by atoms with Gasteiger partial charge in [0.05, 0.1) is 30.5 Å². The molecular formula is C47H76O6. The highest BCUT2D eigenvalue weighted by molar-refractivity contribution is 6.12. The van der Waals surface area contributed by atoms with Gasteiger partial charge in [-0.05, 0) is 100 Å². The molecule has 0 spiro atoms. The first-order valence-corrected chi connectivity index (χ1v) is 21.6. The number of allylic oxidation sites excluding steroid dienone is 1. The molecule has 0 amide bonds. The molecule has 0 aliphatic rings. The van der Waals surface area contributed by atoms with Gasteiger partial charge in [0.15, 0.2) is 28.8 Å². The van der Waals surface area contributed by atoms with Crippen molar-refractivity contribution in [3.8, 4) is 28.7 Å². The zero-order valence-corrected chi connectivity index (χ0v) is 35.6. The van der Waals surface area contributed by atoms with Crippen LogP contribution in [0.2, 0.25) is 0 Å². The lowest BCUT2D eigenvalue weighted by Gasteiger charge is -2.29. The second kappa shape index (κ2) is 25.8. The molecule has 0 radical (unpaired) electrons. The predicted octanol–water partition coefficient (Wildman–Crippen LogP) is 13.9. The first-order chi connectivity index (χ1) is 25.7. The minimum absolute atomic E-state index is 0.0288. The Morgan fingerprint density at radius 3 is 1.25 bits per heavy atom. The summed E-state index contributed by atoms with van der Waals surface area (Å²) in [7, 11) is 0. The summed E-state index contributed by atoms with van der Waals surface area (Å²) in [5.41, 5.74) is 2.45. The Morgan fingerprint density at radius 1 is 0.509 bits per heavy atom. The van der Waals surface area contributed by atoms with E-state index in [0.717, 1.165) is 114 Å². The maximum atomic E-state index is 15.0. The Hall–Kier alpha value is -3.15. The normalized spacial score (nSPS) is 14.4. The first-order valence-electron chi connectivity index (χ1n) is 21.6. The van der Waals surface area contributed by atoms with E-state index in [9.17, 15) is 0 Å². The van der Waals surface area contributed by atoms with Gasteiger partial charge >= 0.3 is 0 Å². The van der Waals surface area contributed by atoms with Crippen molar-refractivity contribution in [3.63, 3.8) is 0 Å². The number of carbonyl (C=O) groups is 1. The highest BCUT2D eigenvalue weighted by Crippen LogP contribution is 2.48. The largest absolute Gasteiger partial charge is 0.490 e. The van der Waals surface area contributed by atoms with Crippen molar-refractivity contribution in [3.05, 3.63) is 47.0 Å². The van der Waals surface area contributed by atoms with Crippen LogP contribution in [0.5, 0.6) is 28.7 Å². The van der Waals surface area contributed by atoms with Crippen LogP contribution < -0.4 is 23.7 Å². The number of hydrogen-bond acceptors (Lipinski definition) is 6. The highest BCUT2D eigenvalue weighted by Gasteiger charge is 2.31. The summed E-state index contributed by atoms with van der Waals surface area (Å²) in [6.45, 7) is 23.7. The number of carbonyl (C=O) groups excluding carboxylic acids is 1. The lowest BCUT2D eigenvalue weighted by molar-refractivity contribution is 0.100. The van der Waals surface area contributed by atoms with Crippen LogP contribution in [-0.2, 0) is 6.42 Å². The molecule has 0 bridgehead atoms. The minimum Gasteiger partial charge on any atom is -0.490 e. The van der Waals surface area contributed by atoms with Crippen molar-refractivity contribution in [2.75, 3.05) is 0 Å². The third-order valence-corrected chi connectivity index (χ3v) is 10.1. The Kier molecular flexibility index (Phi) is 22.4. The van der Waals surface area contributed by atoms with E-state index < -0.39 is 0 Å². The van der Waals surface area contributed by atoms with Gasteiger partial charge in [-0.3, -0.25) is 4.79 Å². The molecule has 0 saturated heterocycles. The van der Waals surface area contributed by atoms with Gasteiger partial charge in [-0.15, -0.1) is 0 Å². The van der Waals surface area contributed by atoms with Gasteiger partial charge in [-0.25, -0.2) is 0 Å². The number of aryl methyl sites for hydroxylation is 1. The fourth-order valence-electron chi connectivity index (χ4n) is 6.75. The molecule has 0 N–H and O–H groups in total. The fraction of sp³-hybridized carbons (Fsp3) is 0.681. The molecule has 6 nitrogen and oxygen atoms in total. The van der Waals surface area contributed by atoms with Gasteiger partial charge in [-0.1, -0.05) is 114 Å². The first kappa shape index (κ1) is 46.0. The molecule has 300 valence electrons. The number of ether oxygens (including phenoxy) is 5. The summed E-state index contributed by atoms with van der Waals surface area (Å²) in [5, 5.41) is 0. The zero-order valence-electron chi connectivity index (χ0n) is 35.6. The van der Waals surface area contributed by atoms with Crippen LogP contribution in [0.15, 0.2) is 30.3 Å². The van der Waals surface area contributed by atoms with Crippen molar-refractivity contribution >= 4 is 11.9 Å². The third-order valence-electron chi connectivity index (χ3n) is 10.1. The topological polar surface area (TPSA) is 63.2 Å². The number of ketones is 1. The van der Waals surface area contributed by atoms with E-state index in [1.54, 1.807) is 6.08 Å². The van der Waals surface area contributed by atoms with Gasteiger partial charge in [-0.2, -0.15) is 0 Å². The summed E-state index contributed by atoms with van der Waals surface area (Å²) in [5.74, 6) is 2.61. The molecule has 2 aromatic carbocycles. The molecule has 0 aromatic heterocycles. The predicted molar refractivity (Wildman–Crippen MR) is 224 cm³/mol. The second-order valence-corrected chi connectivity index (χ2v) is 14.5. The lowest BCUT2D eigenvalue weighted by Crippen LogP contribution is -2.23. The SMILES string of the molecule is CCCC(CC)Oc1ccc(CC)cc1C=CC(=O)c1c(OC(CC)CCC)c(OC(CC)CCC)cc(OC(CC)CCC)c1OC(CC)CCC. The Bertz CT molecular complexity index is 1290. The van der Waals surface area contributed by atoms with Gasteiger partial charge in [0.1, 0.15) is 11.3 Å². The summed E-state index contributed by atoms with van der Waals surface area (Å²) in [6, 6.07) is 8.26. The molecule has 6 heteroatoms. The third kappa shape index (κ3) is 14.5. The quantitative estimate of drug-likeness (QED) is 0.0612. The Labute approximate surface area is 324 Å². The van der Waals surface area contributed by atoms with Crippen LogP contribution >= 0.6 is 0 Å². The molecule has 0 fully saturated rings. The molecule has 5 atom stereocenters. The monoisotopic (exact) mass is 737 g/mol. The van der Waals surface area contributed by atoms with Crippen LogP contribution in [0.3, 0.4) is 0 Å². The second-order valence-electron chi connectivity index (χ2n) is 14.5. The van der Waals surface area contributed by atoms with Gasteiger partial charge in [0, 0.05) is 11.6 Å². The van der Waals surface area contributed by atoms with Crippen molar-refractivity contribution in [2.24, 2.45) is 0 Å². The summed E-state index contributed by atoms with van der Waals surface area (Å²) in [4.78, 5) is 15.0. The highest BCUT2D eigenvalue weighted by atomic mass is 16.5. The average molecular weight is 737 g/mol. The van der Waals surface area contributed by atoms with Crippen LogP contribution in [0.1, 0.15) is 194 Å². The molecule has 53 heavy (non-hydrogen) atoms. The van der Waals surface area contributed by atoms with Crippen molar-refractivity contribution < 1.29 is 28.5 Å². The van der Waals surface area contributed by atoms with E-state index in [0.29, 0.717) is 28.6 Å². The maximum Gasteiger partial charge on any atom is 0.193 e. The van der Waals surface area contributed by atoms with E-state index in [-0.39, 0.29) is 36.3 Å². The van der Waals surface area contributed by atoms with Crippen LogP contribution in [-0.4, -0.2) is 36.3 Å². The molecule has 0 aliphatic heterocycles. The van der Waals surface area contributed by atoms with Gasteiger partial charge < -0.3 is 23.7 Å². The van der Waals surface area contributed by atoms with Crippen LogP contribution in [0.4, 0.5) is 0 Å². The van der Waals surface area contributed by atoms with Crippen LogP contribution in [0, 0.1) is 0 Å². The van der Waals surface area contributed by atoms with Crippen molar-refractivity contribution in [1.82, 2.24) is 0 Å². The van der Waals surface area contributed by atoms with Gasteiger partial charge in [0.2, 0.25) is 0 Å². The molecule has 5 unspecified atom stereocenters. The Morgan fingerprint density at radius 2 is 0.887 bits per heavy atom. The van der Waals surface area contributed by atoms with Crippen molar-refractivity contribution in [1.29, 1.82) is 0 Å². The van der Waals surface area contributed by atoms with E-state index in [2.05, 4.69) is 94.4 Å². The fourth-order valence-corrected chi connectivity index (χ4v) is 6.75. The maximum absolute atomic E-state index is 15.0. The summed E-state index contributed by atoms with van der Waals surface area (Å²) in [6.07, 6.45) is 18.0. The van der Waals surface area contributed by atoms with E-state index in [1.165, 1.54) is 5.56 Å². The number of rotatable bonds is 29. The molecule has 0 aliphatic carbocycles. The number of hydrogen-bond donors (Lipinski definition) is 0. The van der Waals surface area contributed by atoms with E-state index in [4.69, 9.17) is 23.7 Å². The number of benzene rings is 2. The average Bonchev–Trinajstić information content (AvgIpc) is 3.17. The van der Waals surface area contributed by atoms with Crippen LogP contribution in [0.25, 0.3) is 6.08 Å². The van der Waals surface area contributed by atoms with Gasteiger partial charge in [0.25, 0.3) is 0 Å². The molecule has 0 heterocycles. The Balaban J connectivity index is 3.02. The summed E-state index contributed by atoms with van der Waals surface area (Å²) < 4.78 is 34.1. The standard InChI is InChI=1S/C47H76O6/c1-12-23-36(18-7)49-42-31-28-34(17-6)32-35(42)29-30-41(48)45-46(52-39(21-10)26-15-4)43(50-37(19-8)24-13-2)33-44(51-38(20-9)25-14-3)47(45)53-40(22-11)27-16-5/h28-33,36-40H,12-27H2,1-11H3.